The Morgan fingerprint density at radius 1 is 1.13 bits per heavy atom. The van der Waals surface area contributed by atoms with Gasteiger partial charge in [0.2, 0.25) is 17.7 Å². The zero-order chi connectivity index (χ0) is 22.5. The first-order valence-corrected chi connectivity index (χ1v) is 10.2. The molecule has 1 fully saturated rings. The molecule has 5 N–H and O–H groups in total. The van der Waals surface area contributed by atoms with E-state index in [1.807, 2.05) is 6.92 Å². The van der Waals surface area contributed by atoms with Gasteiger partial charge < -0.3 is 26.2 Å². The quantitative estimate of drug-likeness (QED) is 0.285. The van der Waals surface area contributed by atoms with Gasteiger partial charge in [0.05, 0.1) is 12.8 Å². The average Bonchev–Trinajstić information content (AvgIpc) is 2.84. The van der Waals surface area contributed by atoms with Crippen LogP contribution in [0.4, 0.5) is 0 Å². The molecule has 1 saturated heterocycles. The summed E-state index contributed by atoms with van der Waals surface area (Å²) >= 11 is 0. The van der Waals surface area contributed by atoms with Gasteiger partial charge in [0.1, 0.15) is 12.1 Å². The molecule has 3 amide bonds. The standard InChI is InChI=1S/C20H31N3O7/c1-2-3-4-7-13(11-17(25)26)10-16(24)22-15(12-18(27)28)20(30)23-14-8-5-6-9-21-19(14)29/h4,7,13-15H,2-3,5-6,8-12H2,1H3,(H,21,29)(H,22,24)(H,23,30)(H,25,26)(H,27,28)/b7-4+/t13-,14+,15+/m0/s1. The fraction of sp³-hybridized carbons (Fsp3) is 0.650. The average molecular weight is 425 g/mol. The highest BCUT2D eigenvalue weighted by molar-refractivity contribution is 5.94. The van der Waals surface area contributed by atoms with E-state index in [-0.39, 0.29) is 18.7 Å². The number of aliphatic carboxylic acids is 2. The first-order valence-electron chi connectivity index (χ1n) is 10.2. The molecule has 1 aliphatic heterocycles. The molecular weight excluding hydrogens is 394 g/mol. The minimum absolute atomic E-state index is 0.195. The van der Waals surface area contributed by atoms with E-state index in [2.05, 4.69) is 16.0 Å². The molecule has 0 bridgehead atoms. The Hall–Kier alpha value is -2.91. The third-order valence-corrected chi connectivity index (χ3v) is 4.63. The lowest BCUT2D eigenvalue weighted by molar-refractivity contribution is -0.141. The SMILES string of the molecule is CCC/C=C/[C@H](CC(=O)O)CC(=O)N[C@H](CC(=O)O)C(=O)N[C@@H]1CCCCNC1=O. The van der Waals surface area contributed by atoms with Crippen LogP contribution in [-0.4, -0.2) is 58.5 Å². The van der Waals surface area contributed by atoms with Gasteiger partial charge in [-0.15, -0.1) is 0 Å². The summed E-state index contributed by atoms with van der Waals surface area (Å²) in [5.74, 6) is -4.66. The van der Waals surface area contributed by atoms with Gasteiger partial charge >= 0.3 is 11.9 Å². The molecule has 0 aromatic carbocycles. The lowest BCUT2D eigenvalue weighted by Crippen LogP contribution is -2.53. The maximum absolute atomic E-state index is 12.5. The number of unbranched alkanes of at least 4 members (excludes halogenated alkanes) is 1. The molecule has 0 aromatic heterocycles. The number of carbonyl (C=O) groups excluding carboxylic acids is 3. The van der Waals surface area contributed by atoms with E-state index in [4.69, 9.17) is 10.2 Å². The third-order valence-electron chi connectivity index (χ3n) is 4.63. The molecule has 0 unspecified atom stereocenters. The molecule has 1 aliphatic rings. The van der Waals surface area contributed by atoms with Crippen molar-refractivity contribution >= 4 is 29.7 Å². The topological polar surface area (TPSA) is 162 Å². The van der Waals surface area contributed by atoms with E-state index in [9.17, 15) is 24.0 Å². The predicted octanol–water partition coefficient (Wildman–Crippen LogP) is 0.568. The van der Waals surface area contributed by atoms with E-state index < -0.39 is 48.2 Å². The minimum atomic E-state index is -1.36. The molecule has 0 radical (unpaired) electrons. The first-order chi connectivity index (χ1) is 14.2. The van der Waals surface area contributed by atoms with Gasteiger partial charge in [0, 0.05) is 13.0 Å². The van der Waals surface area contributed by atoms with Crippen LogP contribution in [-0.2, 0) is 24.0 Å². The summed E-state index contributed by atoms with van der Waals surface area (Å²) in [5, 5.41) is 25.7. The Bertz CT molecular complexity index is 663. The highest BCUT2D eigenvalue weighted by atomic mass is 16.4. The van der Waals surface area contributed by atoms with Gasteiger partial charge in [-0.1, -0.05) is 25.5 Å². The minimum Gasteiger partial charge on any atom is -0.481 e. The maximum Gasteiger partial charge on any atom is 0.305 e. The van der Waals surface area contributed by atoms with Gasteiger partial charge in [0.15, 0.2) is 0 Å². The van der Waals surface area contributed by atoms with E-state index in [0.717, 1.165) is 25.7 Å². The summed E-state index contributed by atoms with van der Waals surface area (Å²) in [5.41, 5.74) is 0. The fourth-order valence-electron chi connectivity index (χ4n) is 3.11. The summed E-state index contributed by atoms with van der Waals surface area (Å²) in [6, 6.07) is -2.15. The number of rotatable bonds is 12. The Labute approximate surface area is 175 Å². The van der Waals surface area contributed by atoms with Crippen LogP contribution < -0.4 is 16.0 Å². The molecule has 0 aromatic rings. The van der Waals surface area contributed by atoms with E-state index in [1.54, 1.807) is 12.2 Å². The molecule has 1 rings (SSSR count). The molecule has 10 heteroatoms. The number of amides is 3. The molecular formula is C20H31N3O7. The summed E-state index contributed by atoms with van der Waals surface area (Å²) < 4.78 is 0. The zero-order valence-electron chi connectivity index (χ0n) is 17.2. The lowest BCUT2D eigenvalue weighted by Gasteiger charge is -2.21. The Morgan fingerprint density at radius 2 is 1.83 bits per heavy atom. The van der Waals surface area contributed by atoms with E-state index >= 15 is 0 Å². The fourth-order valence-corrected chi connectivity index (χ4v) is 3.11. The van der Waals surface area contributed by atoms with Crippen molar-refractivity contribution in [3.8, 4) is 0 Å². The second-order valence-electron chi connectivity index (χ2n) is 7.34. The van der Waals surface area contributed by atoms with Crippen molar-refractivity contribution in [3.63, 3.8) is 0 Å². The number of carboxylic acid groups (broad SMARTS) is 2. The Morgan fingerprint density at radius 3 is 2.47 bits per heavy atom. The second kappa shape index (κ2) is 13.3. The Balaban J connectivity index is 2.77. The van der Waals surface area contributed by atoms with Crippen molar-refractivity contribution in [2.45, 2.75) is 70.4 Å². The summed E-state index contributed by atoms with van der Waals surface area (Å²) in [6.45, 7) is 2.48. The molecule has 3 atom stereocenters. The van der Waals surface area contributed by atoms with Crippen LogP contribution in [0.15, 0.2) is 12.2 Å². The van der Waals surface area contributed by atoms with Gasteiger partial charge in [0.25, 0.3) is 0 Å². The Kier molecular flexibility index (Phi) is 11.2. The largest absolute Gasteiger partial charge is 0.481 e. The van der Waals surface area contributed by atoms with E-state index in [0.29, 0.717) is 13.0 Å². The van der Waals surface area contributed by atoms with Gasteiger partial charge in [-0.2, -0.15) is 0 Å². The monoisotopic (exact) mass is 425 g/mol. The number of hydrogen-bond donors (Lipinski definition) is 5. The van der Waals surface area contributed by atoms with Crippen LogP contribution in [0, 0.1) is 5.92 Å². The molecule has 0 saturated carbocycles. The smallest absolute Gasteiger partial charge is 0.305 e. The van der Waals surface area contributed by atoms with Crippen molar-refractivity contribution in [1.29, 1.82) is 0 Å². The van der Waals surface area contributed by atoms with Crippen LogP contribution in [0.5, 0.6) is 0 Å². The lowest BCUT2D eigenvalue weighted by atomic mass is 9.99. The van der Waals surface area contributed by atoms with Crippen LogP contribution in [0.25, 0.3) is 0 Å². The van der Waals surface area contributed by atoms with Crippen molar-refractivity contribution in [2.75, 3.05) is 6.54 Å². The number of allylic oxidation sites excluding steroid dienone is 2. The summed E-state index contributed by atoms with van der Waals surface area (Å²) in [4.78, 5) is 59.1. The van der Waals surface area contributed by atoms with Crippen LogP contribution in [0.2, 0.25) is 0 Å². The number of carboxylic acids is 2. The number of nitrogens with one attached hydrogen (secondary N) is 3. The van der Waals surface area contributed by atoms with Crippen molar-refractivity contribution in [1.82, 2.24) is 16.0 Å². The molecule has 0 spiro atoms. The van der Waals surface area contributed by atoms with Gasteiger partial charge in [-0.05, 0) is 31.6 Å². The highest BCUT2D eigenvalue weighted by Gasteiger charge is 2.29. The molecule has 168 valence electrons. The van der Waals surface area contributed by atoms with Gasteiger partial charge in [-0.25, -0.2) is 0 Å². The molecule has 1 heterocycles. The molecule has 10 nitrogen and oxygen atoms in total. The number of hydrogen-bond acceptors (Lipinski definition) is 5. The molecule has 0 aliphatic carbocycles. The van der Waals surface area contributed by atoms with Crippen molar-refractivity contribution < 1.29 is 34.2 Å². The second-order valence-corrected chi connectivity index (χ2v) is 7.34. The third kappa shape index (κ3) is 10.0. The van der Waals surface area contributed by atoms with E-state index in [1.165, 1.54) is 0 Å². The van der Waals surface area contributed by atoms with Crippen LogP contribution in [0.3, 0.4) is 0 Å². The molecule has 30 heavy (non-hydrogen) atoms. The summed E-state index contributed by atoms with van der Waals surface area (Å²) in [6.07, 6.45) is 5.89. The summed E-state index contributed by atoms with van der Waals surface area (Å²) in [7, 11) is 0. The van der Waals surface area contributed by atoms with Crippen molar-refractivity contribution in [3.05, 3.63) is 12.2 Å². The zero-order valence-corrected chi connectivity index (χ0v) is 17.2. The van der Waals surface area contributed by atoms with Crippen LogP contribution in [0.1, 0.15) is 58.3 Å². The van der Waals surface area contributed by atoms with Crippen molar-refractivity contribution in [2.24, 2.45) is 5.92 Å². The van der Waals surface area contributed by atoms with Gasteiger partial charge in [-0.3, -0.25) is 24.0 Å². The highest BCUT2D eigenvalue weighted by Crippen LogP contribution is 2.13. The first kappa shape index (κ1) is 25.1. The van der Waals surface area contributed by atoms with Crippen LogP contribution >= 0.6 is 0 Å². The number of carbonyl (C=O) groups is 5. The maximum atomic E-state index is 12.5. The normalized spacial score (nSPS) is 18.7. The predicted molar refractivity (Wildman–Crippen MR) is 107 cm³/mol.